The maximum absolute atomic E-state index is 12.2. The summed E-state index contributed by atoms with van der Waals surface area (Å²) in [5.74, 6) is 1.02. The lowest BCUT2D eigenvalue weighted by Crippen LogP contribution is -2.25. The molecule has 0 heterocycles. The van der Waals surface area contributed by atoms with Crippen LogP contribution >= 0.6 is 0 Å². The lowest BCUT2D eigenvalue weighted by molar-refractivity contribution is 0.0353. The van der Waals surface area contributed by atoms with Crippen molar-refractivity contribution in [1.82, 2.24) is 0 Å². The normalized spacial score (nSPS) is 21.6. The van der Waals surface area contributed by atoms with Crippen LogP contribution in [0.2, 0.25) is 13.1 Å². The van der Waals surface area contributed by atoms with E-state index in [1.165, 1.54) is 0 Å². The highest BCUT2D eigenvalue weighted by molar-refractivity contribution is 6.48. The van der Waals surface area contributed by atoms with Crippen molar-refractivity contribution >= 4 is 15.0 Å². The van der Waals surface area contributed by atoms with Gasteiger partial charge in [0.15, 0.2) is 0 Å². The predicted molar refractivity (Wildman–Crippen MR) is 89.9 cm³/mol. The molecule has 0 N–H and O–H groups in total. The molecule has 0 fully saturated rings. The summed E-state index contributed by atoms with van der Waals surface area (Å²) in [5.41, 5.74) is 0.685. The van der Waals surface area contributed by atoms with Crippen molar-refractivity contribution in [1.29, 1.82) is 0 Å². The van der Waals surface area contributed by atoms with Crippen molar-refractivity contribution in [3.8, 4) is 0 Å². The number of allylic oxidation sites excluding steroid dienone is 1. The summed E-state index contributed by atoms with van der Waals surface area (Å²) < 4.78 is 11.7. The largest absolute Gasteiger partial charge is 0.545 e. The number of hydrogen-bond donors (Lipinski definition) is 0. The molecule has 0 aliphatic heterocycles. The molecule has 3 nitrogen and oxygen atoms in total. The molecule has 22 heavy (non-hydrogen) atoms. The molecule has 0 bridgehead atoms. The van der Waals surface area contributed by atoms with Gasteiger partial charge >= 0.3 is 5.97 Å². The Morgan fingerprint density at radius 3 is 2.36 bits per heavy atom. The Morgan fingerprint density at radius 2 is 1.82 bits per heavy atom. The first-order chi connectivity index (χ1) is 10.3. The maximum Gasteiger partial charge on any atom is 0.338 e. The van der Waals surface area contributed by atoms with Gasteiger partial charge in [-0.1, -0.05) is 39.0 Å². The van der Waals surface area contributed by atoms with Gasteiger partial charge in [-0.05, 0) is 43.1 Å². The second kappa shape index (κ2) is 6.69. The SMILES string of the molecule is C[Si](C)OC1=CC(OC(=O)c2ccccc2)CC1C(C)(C)C. The fourth-order valence-electron chi connectivity index (χ4n) is 2.70. The number of carbonyl (C=O) groups excluding carboxylic acids is 1. The minimum atomic E-state index is -0.821. The highest BCUT2D eigenvalue weighted by Crippen LogP contribution is 2.41. The number of benzene rings is 1. The van der Waals surface area contributed by atoms with E-state index in [0.29, 0.717) is 11.5 Å². The Hall–Kier alpha value is -1.55. The Kier molecular flexibility index (Phi) is 5.11. The van der Waals surface area contributed by atoms with E-state index in [-0.39, 0.29) is 17.5 Å². The molecule has 1 aliphatic rings. The number of ether oxygens (including phenoxy) is 1. The fourth-order valence-corrected chi connectivity index (χ4v) is 3.38. The molecular weight excluding hydrogens is 292 g/mol. The standard InChI is InChI=1S/C18H25O3Si/c1-18(2,3)15-11-14(12-16(15)21-22(4)5)20-17(19)13-9-7-6-8-10-13/h6-10,12,14-15H,11H2,1-5H3. The first-order valence-electron chi connectivity index (χ1n) is 7.73. The molecule has 1 aliphatic carbocycles. The number of hydrogen-bond acceptors (Lipinski definition) is 3. The van der Waals surface area contributed by atoms with E-state index < -0.39 is 9.04 Å². The molecule has 1 aromatic carbocycles. The Balaban J connectivity index is 2.09. The summed E-state index contributed by atoms with van der Waals surface area (Å²) in [4.78, 5) is 12.2. The molecule has 0 amide bonds. The van der Waals surface area contributed by atoms with E-state index in [0.717, 1.165) is 12.2 Å². The molecule has 1 radical (unpaired) electrons. The number of carbonyl (C=O) groups is 1. The van der Waals surface area contributed by atoms with Gasteiger partial charge in [-0.2, -0.15) is 0 Å². The maximum atomic E-state index is 12.2. The average molecular weight is 317 g/mol. The lowest BCUT2D eigenvalue weighted by Gasteiger charge is -2.30. The summed E-state index contributed by atoms with van der Waals surface area (Å²) in [5, 5.41) is 0. The first-order valence-corrected chi connectivity index (χ1v) is 10.1. The molecule has 2 rings (SSSR count). The van der Waals surface area contributed by atoms with Crippen molar-refractivity contribution < 1.29 is 14.0 Å². The summed E-state index contributed by atoms with van der Waals surface area (Å²) in [6.45, 7) is 10.8. The van der Waals surface area contributed by atoms with Gasteiger partial charge < -0.3 is 9.16 Å². The quantitative estimate of drug-likeness (QED) is 0.609. The van der Waals surface area contributed by atoms with Gasteiger partial charge in [-0.3, -0.25) is 0 Å². The molecule has 4 heteroatoms. The van der Waals surface area contributed by atoms with Gasteiger partial charge in [-0.15, -0.1) is 0 Å². The molecule has 0 saturated carbocycles. The topological polar surface area (TPSA) is 35.5 Å². The van der Waals surface area contributed by atoms with E-state index in [4.69, 9.17) is 9.16 Å². The van der Waals surface area contributed by atoms with E-state index in [9.17, 15) is 4.79 Å². The second-order valence-electron chi connectivity index (χ2n) is 7.04. The fraction of sp³-hybridized carbons (Fsp3) is 0.500. The van der Waals surface area contributed by atoms with Crippen LogP contribution in [-0.2, 0) is 9.16 Å². The highest BCUT2D eigenvalue weighted by atomic mass is 28.3. The number of esters is 1. The van der Waals surface area contributed by atoms with E-state index >= 15 is 0 Å². The van der Waals surface area contributed by atoms with Gasteiger partial charge in [0.1, 0.15) is 6.10 Å². The second-order valence-corrected chi connectivity index (χ2v) is 9.06. The van der Waals surface area contributed by atoms with E-state index in [2.05, 4.69) is 33.9 Å². The van der Waals surface area contributed by atoms with Crippen molar-refractivity contribution in [2.75, 3.05) is 0 Å². The smallest absolute Gasteiger partial charge is 0.338 e. The molecule has 0 spiro atoms. The zero-order chi connectivity index (χ0) is 16.3. The third kappa shape index (κ3) is 4.23. The van der Waals surface area contributed by atoms with Gasteiger partial charge in [0.05, 0.1) is 11.3 Å². The van der Waals surface area contributed by atoms with Crippen LogP contribution in [0.4, 0.5) is 0 Å². The molecule has 1 aromatic rings. The van der Waals surface area contributed by atoms with Gasteiger partial charge in [-0.25, -0.2) is 4.79 Å². The lowest BCUT2D eigenvalue weighted by atomic mass is 9.79. The summed E-state index contributed by atoms with van der Waals surface area (Å²) in [6.07, 6.45) is 2.59. The van der Waals surface area contributed by atoms with Crippen LogP contribution in [0.15, 0.2) is 42.2 Å². The summed E-state index contributed by atoms with van der Waals surface area (Å²) in [6, 6.07) is 9.13. The van der Waals surface area contributed by atoms with Gasteiger partial charge in [0.25, 0.3) is 9.04 Å². The Bertz CT molecular complexity index is 543. The minimum absolute atomic E-state index is 0.0943. The predicted octanol–water partition coefficient (Wildman–Crippen LogP) is 4.43. The zero-order valence-corrected chi connectivity index (χ0v) is 15.1. The van der Waals surface area contributed by atoms with Crippen molar-refractivity contribution in [3.05, 3.63) is 47.7 Å². The van der Waals surface area contributed by atoms with E-state index in [1.54, 1.807) is 12.1 Å². The Morgan fingerprint density at radius 1 is 1.18 bits per heavy atom. The molecule has 2 atom stereocenters. The van der Waals surface area contributed by atoms with Crippen molar-refractivity contribution in [2.45, 2.75) is 46.4 Å². The minimum Gasteiger partial charge on any atom is -0.545 e. The van der Waals surface area contributed by atoms with Crippen LogP contribution in [0.3, 0.4) is 0 Å². The average Bonchev–Trinajstić information content (AvgIpc) is 2.81. The van der Waals surface area contributed by atoms with Crippen LogP contribution in [0.5, 0.6) is 0 Å². The van der Waals surface area contributed by atoms with Crippen molar-refractivity contribution in [3.63, 3.8) is 0 Å². The number of rotatable bonds is 4. The molecular formula is C18H25O3Si. The van der Waals surface area contributed by atoms with Crippen LogP contribution in [0, 0.1) is 11.3 Å². The Labute approximate surface area is 135 Å². The van der Waals surface area contributed by atoms with Gasteiger partial charge in [0.2, 0.25) is 0 Å². The molecule has 2 unspecified atom stereocenters. The van der Waals surface area contributed by atoms with Crippen molar-refractivity contribution in [2.24, 2.45) is 11.3 Å². The highest BCUT2D eigenvalue weighted by Gasteiger charge is 2.38. The van der Waals surface area contributed by atoms with Crippen LogP contribution in [0.25, 0.3) is 0 Å². The summed E-state index contributed by atoms with van der Waals surface area (Å²) in [7, 11) is -0.821. The van der Waals surface area contributed by atoms with E-state index in [1.807, 2.05) is 24.3 Å². The zero-order valence-electron chi connectivity index (χ0n) is 14.1. The molecule has 0 saturated heterocycles. The third-order valence-corrected chi connectivity index (χ3v) is 4.44. The molecule has 0 aromatic heterocycles. The first kappa shape index (κ1) is 16.8. The molecule has 119 valence electrons. The van der Waals surface area contributed by atoms with Gasteiger partial charge in [0, 0.05) is 5.92 Å². The van der Waals surface area contributed by atoms with Crippen LogP contribution < -0.4 is 0 Å². The van der Waals surface area contributed by atoms with Crippen LogP contribution in [-0.4, -0.2) is 21.1 Å². The summed E-state index contributed by atoms with van der Waals surface area (Å²) >= 11 is 0. The van der Waals surface area contributed by atoms with Crippen LogP contribution in [0.1, 0.15) is 37.6 Å². The monoisotopic (exact) mass is 317 g/mol. The third-order valence-electron chi connectivity index (χ3n) is 3.80.